The van der Waals surface area contributed by atoms with E-state index in [0.717, 1.165) is 9.73 Å². The molecule has 0 fully saturated rings. The molecular weight excluding hydrogens is 248 g/mol. The van der Waals surface area contributed by atoms with E-state index in [2.05, 4.69) is 32.8 Å². The maximum absolute atomic E-state index is 5.54. The normalized spacial score (nSPS) is 9.64. The molecule has 1 rings (SSSR count). The molecule has 0 radical (unpaired) electrons. The molecule has 1 aromatic rings. The van der Waals surface area contributed by atoms with E-state index in [9.17, 15) is 0 Å². The summed E-state index contributed by atoms with van der Waals surface area (Å²) in [7, 11) is 0. The molecule has 1 aromatic heterocycles. The molecule has 0 bridgehead atoms. The summed E-state index contributed by atoms with van der Waals surface area (Å²) >= 11 is 10.3. The van der Waals surface area contributed by atoms with E-state index in [1.54, 1.807) is 0 Å². The zero-order chi connectivity index (χ0) is 8.27. The number of hydrogen-bond donors (Lipinski definition) is 1. The van der Waals surface area contributed by atoms with Gasteiger partial charge in [-0.3, -0.25) is 0 Å². The largest absolute Gasteiger partial charge is 0.357 e. The SMILES string of the molecule is C=C(Cl)CNc1nc(Br)cs1. The first-order chi connectivity index (χ1) is 5.18. The molecule has 0 saturated heterocycles. The van der Waals surface area contributed by atoms with Crippen LogP contribution in [0.4, 0.5) is 5.13 Å². The van der Waals surface area contributed by atoms with Crippen molar-refractivity contribution in [3.8, 4) is 0 Å². The van der Waals surface area contributed by atoms with E-state index in [4.69, 9.17) is 11.6 Å². The van der Waals surface area contributed by atoms with Crippen LogP contribution in [0.2, 0.25) is 0 Å². The zero-order valence-electron chi connectivity index (χ0n) is 5.60. The highest BCUT2D eigenvalue weighted by Gasteiger charge is 1.97. The van der Waals surface area contributed by atoms with E-state index in [0.29, 0.717) is 11.6 Å². The Bertz CT molecular complexity index is 261. The number of anilines is 1. The van der Waals surface area contributed by atoms with Crippen LogP contribution in [0.3, 0.4) is 0 Å². The van der Waals surface area contributed by atoms with Gasteiger partial charge in [0.15, 0.2) is 5.13 Å². The minimum Gasteiger partial charge on any atom is -0.357 e. The van der Waals surface area contributed by atoms with Crippen LogP contribution in [0.1, 0.15) is 0 Å². The van der Waals surface area contributed by atoms with E-state index in [-0.39, 0.29) is 0 Å². The van der Waals surface area contributed by atoms with Gasteiger partial charge in [0, 0.05) is 10.4 Å². The van der Waals surface area contributed by atoms with Crippen LogP contribution in [0, 0.1) is 0 Å². The molecule has 60 valence electrons. The topological polar surface area (TPSA) is 24.9 Å². The van der Waals surface area contributed by atoms with Crippen molar-refractivity contribution in [2.75, 3.05) is 11.9 Å². The molecule has 11 heavy (non-hydrogen) atoms. The molecular formula is C6H6BrClN2S. The second kappa shape index (κ2) is 4.09. The highest BCUT2D eigenvalue weighted by molar-refractivity contribution is 9.10. The van der Waals surface area contributed by atoms with Gasteiger partial charge in [0.1, 0.15) is 4.60 Å². The van der Waals surface area contributed by atoms with Crippen LogP contribution < -0.4 is 5.32 Å². The van der Waals surface area contributed by atoms with Crippen molar-refractivity contribution in [1.29, 1.82) is 0 Å². The fourth-order valence-corrected chi connectivity index (χ4v) is 1.72. The lowest BCUT2D eigenvalue weighted by Gasteiger charge is -1.97. The average Bonchev–Trinajstić information content (AvgIpc) is 2.31. The molecule has 0 aliphatic heterocycles. The number of nitrogens with zero attached hydrogens (tertiary/aromatic N) is 1. The van der Waals surface area contributed by atoms with Gasteiger partial charge in [-0.2, -0.15) is 0 Å². The fourth-order valence-electron chi connectivity index (χ4n) is 0.507. The highest BCUT2D eigenvalue weighted by Crippen LogP contribution is 2.19. The molecule has 0 aromatic carbocycles. The summed E-state index contributed by atoms with van der Waals surface area (Å²) in [6, 6.07) is 0. The predicted molar refractivity (Wildman–Crippen MR) is 53.3 cm³/mol. The van der Waals surface area contributed by atoms with E-state index < -0.39 is 0 Å². The Morgan fingerprint density at radius 2 is 2.64 bits per heavy atom. The van der Waals surface area contributed by atoms with Crippen LogP contribution in [0.15, 0.2) is 21.6 Å². The van der Waals surface area contributed by atoms with Crippen molar-refractivity contribution < 1.29 is 0 Å². The number of halogens is 2. The fraction of sp³-hybridized carbons (Fsp3) is 0.167. The summed E-state index contributed by atoms with van der Waals surface area (Å²) in [6.07, 6.45) is 0. The second-order valence-corrected chi connectivity index (χ2v) is 4.05. The Morgan fingerprint density at radius 1 is 1.91 bits per heavy atom. The molecule has 1 N–H and O–H groups in total. The van der Waals surface area contributed by atoms with Gasteiger partial charge in [-0.05, 0) is 15.9 Å². The maximum atomic E-state index is 5.54. The van der Waals surface area contributed by atoms with Crippen LogP contribution in [-0.4, -0.2) is 11.5 Å². The monoisotopic (exact) mass is 252 g/mol. The summed E-state index contributed by atoms with van der Waals surface area (Å²) in [5.41, 5.74) is 0. The van der Waals surface area contributed by atoms with E-state index in [1.807, 2.05) is 5.38 Å². The molecule has 0 amide bonds. The molecule has 0 aliphatic carbocycles. The molecule has 2 nitrogen and oxygen atoms in total. The van der Waals surface area contributed by atoms with Gasteiger partial charge >= 0.3 is 0 Å². The minimum absolute atomic E-state index is 0.557. The third kappa shape index (κ3) is 3.22. The van der Waals surface area contributed by atoms with Gasteiger partial charge < -0.3 is 5.32 Å². The molecule has 0 saturated carbocycles. The Kier molecular flexibility index (Phi) is 3.36. The Labute approximate surface area is 82.4 Å². The van der Waals surface area contributed by atoms with Crippen molar-refractivity contribution in [2.24, 2.45) is 0 Å². The molecule has 0 unspecified atom stereocenters. The quantitative estimate of drug-likeness (QED) is 0.895. The number of nitrogens with one attached hydrogen (secondary N) is 1. The van der Waals surface area contributed by atoms with Gasteiger partial charge in [0.25, 0.3) is 0 Å². The summed E-state index contributed by atoms with van der Waals surface area (Å²) in [5, 5.41) is 6.34. The maximum Gasteiger partial charge on any atom is 0.184 e. The number of thiazole rings is 1. The Hall–Kier alpha value is -0.0600. The average molecular weight is 254 g/mol. The Balaban J connectivity index is 2.45. The van der Waals surface area contributed by atoms with Gasteiger partial charge in [-0.25, -0.2) is 4.98 Å². The third-order valence-electron chi connectivity index (χ3n) is 0.908. The first kappa shape index (κ1) is 9.03. The molecule has 0 spiro atoms. The van der Waals surface area contributed by atoms with Gasteiger partial charge in [-0.1, -0.05) is 18.2 Å². The van der Waals surface area contributed by atoms with Gasteiger partial charge in [0.05, 0.1) is 6.54 Å². The zero-order valence-corrected chi connectivity index (χ0v) is 8.76. The third-order valence-corrected chi connectivity index (χ3v) is 2.55. The number of rotatable bonds is 3. The second-order valence-electron chi connectivity index (χ2n) is 1.85. The predicted octanol–water partition coefficient (Wildman–Crippen LogP) is 3.07. The summed E-state index contributed by atoms with van der Waals surface area (Å²) < 4.78 is 0.838. The first-order valence-electron chi connectivity index (χ1n) is 2.86. The Morgan fingerprint density at radius 3 is 3.09 bits per heavy atom. The highest BCUT2D eigenvalue weighted by atomic mass is 79.9. The summed E-state index contributed by atoms with van der Waals surface area (Å²) in [4.78, 5) is 4.11. The smallest absolute Gasteiger partial charge is 0.184 e. The lowest BCUT2D eigenvalue weighted by molar-refractivity contribution is 1.25. The lowest BCUT2D eigenvalue weighted by Crippen LogP contribution is -1.99. The standard InChI is InChI=1S/C6H6BrClN2S/c1-4(8)2-9-6-10-5(7)3-11-6/h3H,1-2H2,(H,9,10). The molecule has 1 heterocycles. The van der Waals surface area contributed by atoms with E-state index in [1.165, 1.54) is 11.3 Å². The first-order valence-corrected chi connectivity index (χ1v) is 4.91. The lowest BCUT2D eigenvalue weighted by atomic mass is 10.6. The summed E-state index contributed by atoms with van der Waals surface area (Å²) in [6.45, 7) is 4.10. The van der Waals surface area contributed by atoms with Crippen LogP contribution in [0.25, 0.3) is 0 Å². The van der Waals surface area contributed by atoms with Gasteiger partial charge in [0.2, 0.25) is 0 Å². The van der Waals surface area contributed by atoms with Crippen LogP contribution >= 0.6 is 38.9 Å². The molecule has 0 atom stereocenters. The van der Waals surface area contributed by atoms with Crippen molar-refractivity contribution >= 4 is 44.0 Å². The van der Waals surface area contributed by atoms with Gasteiger partial charge in [-0.15, -0.1) is 11.3 Å². The minimum atomic E-state index is 0.557. The van der Waals surface area contributed by atoms with Crippen molar-refractivity contribution in [1.82, 2.24) is 4.98 Å². The number of hydrogen-bond acceptors (Lipinski definition) is 3. The van der Waals surface area contributed by atoms with E-state index >= 15 is 0 Å². The van der Waals surface area contributed by atoms with Crippen LogP contribution in [0.5, 0.6) is 0 Å². The van der Waals surface area contributed by atoms with Crippen molar-refractivity contribution in [2.45, 2.75) is 0 Å². The molecule has 5 heteroatoms. The van der Waals surface area contributed by atoms with Crippen LogP contribution in [-0.2, 0) is 0 Å². The van der Waals surface area contributed by atoms with Crippen molar-refractivity contribution in [3.63, 3.8) is 0 Å². The molecule has 0 aliphatic rings. The van der Waals surface area contributed by atoms with Crippen molar-refractivity contribution in [3.05, 3.63) is 21.6 Å². The number of aromatic nitrogens is 1. The summed E-state index contributed by atoms with van der Waals surface area (Å²) in [5.74, 6) is 0.